The maximum absolute atomic E-state index is 6.59. The molecular weight excluding hydrogens is 633 g/mol. The second kappa shape index (κ2) is 12.2. The monoisotopic (exact) mass is 666 g/mol. The highest BCUT2D eigenvalue weighted by Gasteiger charge is 2.54. The molecule has 1 aliphatic rings. The zero-order chi connectivity index (χ0) is 34.5. The van der Waals surface area contributed by atoms with Crippen LogP contribution in [-0.4, -0.2) is 0 Å². The number of hydrogen-bond acceptors (Lipinski definition) is 3. The van der Waals surface area contributed by atoms with E-state index in [0.717, 1.165) is 66.9 Å². The SMILES string of the molecule is c1ccc(-c2cccc(C3(c4cccc(-c5ccccc5)c4)N(c4ccccc4)c4cc5oc6ccccc6c5cc4N3c3ccccc3)c2)cc1. The van der Waals surface area contributed by atoms with Crippen molar-refractivity contribution in [3.8, 4) is 22.3 Å². The van der Waals surface area contributed by atoms with E-state index in [1.165, 1.54) is 11.1 Å². The highest BCUT2D eigenvalue weighted by molar-refractivity contribution is 6.10. The number of para-hydroxylation sites is 3. The molecule has 10 rings (SSSR count). The summed E-state index contributed by atoms with van der Waals surface area (Å²) in [5.41, 5.74) is 12.2. The van der Waals surface area contributed by atoms with Gasteiger partial charge in [0.2, 0.25) is 0 Å². The number of rotatable bonds is 6. The van der Waals surface area contributed by atoms with Crippen molar-refractivity contribution in [3.05, 3.63) is 217 Å². The fraction of sp³-hybridized carbons (Fsp3) is 0.0204. The highest BCUT2D eigenvalue weighted by atomic mass is 16.3. The van der Waals surface area contributed by atoms with Gasteiger partial charge in [-0.25, -0.2) is 0 Å². The van der Waals surface area contributed by atoms with E-state index in [9.17, 15) is 0 Å². The van der Waals surface area contributed by atoms with Gasteiger partial charge in [-0.1, -0.05) is 152 Å². The van der Waals surface area contributed by atoms with Crippen LogP contribution in [0.2, 0.25) is 0 Å². The highest BCUT2D eigenvalue weighted by Crippen LogP contribution is 2.61. The molecule has 0 atom stereocenters. The molecular formula is C49H34N2O. The largest absolute Gasteiger partial charge is 0.456 e. The molecule has 52 heavy (non-hydrogen) atoms. The van der Waals surface area contributed by atoms with Crippen LogP contribution in [0.4, 0.5) is 22.7 Å². The summed E-state index contributed by atoms with van der Waals surface area (Å²) >= 11 is 0. The van der Waals surface area contributed by atoms with Crippen molar-refractivity contribution in [1.82, 2.24) is 0 Å². The lowest BCUT2D eigenvalue weighted by molar-refractivity contribution is 0.560. The van der Waals surface area contributed by atoms with Crippen LogP contribution >= 0.6 is 0 Å². The lowest BCUT2D eigenvalue weighted by Crippen LogP contribution is -2.51. The van der Waals surface area contributed by atoms with Crippen LogP contribution in [0.5, 0.6) is 0 Å². The standard InChI is InChI=1S/C49H34N2O/c1-5-17-35(18-6-1)37-21-15-23-39(31-37)49(40-24-16-22-38(32-40)36-19-7-2-8-20-36)50(41-25-9-3-10-26-41)45-33-44-43-29-13-14-30-47(43)52-48(44)34-46(45)51(49)42-27-11-4-12-28-42/h1-34H. The Morgan fingerprint density at radius 2 is 0.769 bits per heavy atom. The zero-order valence-electron chi connectivity index (χ0n) is 28.4. The van der Waals surface area contributed by atoms with Crippen LogP contribution in [0, 0.1) is 0 Å². The van der Waals surface area contributed by atoms with Gasteiger partial charge in [-0.05, 0) is 70.8 Å². The first-order chi connectivity index (χ1) is 25.8. The van der Waals surface area contributed by atoms with Crippen molar-refractivity contribution >= 4 is 44.7 Å². The Labute approximate surface area is 303 Å². The first-order valence-electron chi connectivity index (χ1n) is 17.8. The quantitative estimate of drug-likeness (QED) is 0.176. The van der Waals surface area contributed by atoms with Gasteiger partial charge in [-0.3, -0.25) is 0 Å². The number of anilines is 4. The van der Waals surface area contributed by atoms with Crippen molar-refractivity contribution in [1.29, 1.82) is 0 Å². The smallest absolute Gasteiger partial charge is 0.175 e. The predicted molar refractivity (Wildman–Crippen MR) is 215 cm³/mol. The van der Waals surface area contributed by atoms with Gasteiger partial charge in [-0.2, -0.15) is 0 Å². The molecule has 9 aromatic rings. The third kappa shape index (κ3) is 4.67. The molecule has 3 nitrogen and oxygen atoms in total. The minimum absolute atomic E-state index is 0.862. The summed E-state index contributed by atoms with van der Waals surface area (Å²) in [5, 5.41) is 2.20. The Balaban J connectivity index is 1.37. The molecule has 0 amide bonds. The average Bonchev–Trinajstić information content (AvgIpc) is 3.74. The van der Waals surface area contributed by atoms with Crippen LogP contribution in [-0.2, 0) is 5.66 Å². The fourth-order valence-corrected chi connectivity index (χ4v) is 8.14. The summed E-state index contributed by atoms with van der Waals surface area (Å²) in [5.74, 6) is 0. The van der Waals surface area contributed by atoms with E-state index >= 15 is 0 Å². The van der Waals surface area contributed by atoms with Crippen molar-refractivity contribution in [3.63, 3.8) is 0 Å². The van der Waals surface area contributed by atoms with Crippen LogP contribution < -0.4 is 9.80 Å². The first-order valence-corrected chi connectivity index (χ1v) is 17.8. The Morgan fingerprint density at radius 1 is 0.327 bits per heavy atom. The van der Waals surface area contributed by atoms with Gasteiger partial charge in [-0.15, -0.1) is 0 Å². The average molecular weight is 667 g/mol. The maximum atomic E-state index is 6.59. The molecule has 3 heteroatoms. The van der Waals surface area contributed by atoms with E-state index < -0.39 is 5.66 Å². The Morgan fingerprint density at radius 3 is 1.31 bits per heavy atom. The molecule has 0 N–H and O–H groups in total. The molecule has 0 bridgehead atoms. The zero-order valence-corrected chi connectivity index (χ0v) is 28.4. The fourth-order valence-electron chi connectivity index (χ4n) is 8.14. The second-order valence-corrected chi connectivity index (χ2v) is 13.3. The van der Waals surface area contributed by atoms with E-state index in [4.69, 9.17) is 4.42 Å². The lowest BCUT2D eigenvalue weighted by Gasteiger charge is -2.47. The molecule has 0 saturated heterocycles. The molecule has 1 aliphatic heterocycles. The van der Waals surface area contributed by atoms with Gasteiger partial charge < -0.3 is 14.2 Å². The van der Waals surface area contributed by atoms with Crippen LogP contribution in [0.15, 0.2) is 211 Å². The molecule has 0 radical (unpaired) electrons. The van der Waals surface area contributed by atoms with E-state index in [0.29, 0.717) is 0 Å². The summed E-state index contributed by atoms with van der Waals surface area (Å²) in [6.45, 7) is 0. The number of hydrogen-bond donors (Lipinski definition) is 0. The van der Waals surface area contributed by atoms with Gasteiger partial charge in [0.05, 0.1) is 11.4 Å². The molecule has 0 aliphatic carbocycles. The van der Waals surface area contributed by atoms with E-state index in [2.05, 4.69) is 210 Å². The third-order valence-electron chi connectivity index (χ3n) is 10.4. The number of fused-ring (bicyclic) bond motifs is 4. The van der Waals surface area contributed by atoms with Crippen LogP contribution in [0.1, 0.15) is 11.1 Å². The van der Waals surface area contributed by atoms with Crippen LogP contribution in [0.3, 0.4) is 0 Å². The molecule has 0 unspecified atom stereocenters. The topological polar surface area (TPSA) is 19.6 Å². The minimum atomic E-state index is -0.866. The van der Waals surface area contributed by atoms with Gasteiger partial charge in [0.25, 0.3) is 0 Å². The number of nitrogens with zero attached hydrogens (tertiary/aromatic N) is 2. The Bertz CT molecular complexity index is 2600. The minimum Gasteiger partial charge on any atom is -0.456 e. The lowest BCUT2D eigenvalue weighted by atomic mass is 9.84. The molecule has 2 heterocycles. The maximum Gasteiger partial charge on any atom is 0.175 e. The van der Waals surface area contributed by atoms with Crippen molar-refractivity contribution in [2.24, 2.45) is 0 Å². The van der Waals surface area contributed by atoms with Crippen molar-refractivity contribution < 1.29 is 4.42 Å². The van der Waals surface area contributed by atoms with Gasteiger partial charge in [0.15, 0.2) is 5.66 Å². The summed E-state index contributed by atoms with van der Waals surface area (Å²) in [7, 11) is 0. The normalized spacial score (nSPS) is 13.5. The summed E-state index contributed by atoms with van der Waals surface area (Å²) < 4.78 is 6.59. The summed E-state index contributed by atoms with van der Waals surface area (Å²) in [6.07, 6.45) is 0. The van der Waals surface area contributed by atoms with Crippen molar-refractivity contribution in [2.45, 2.75) is 5.66 Å². The molecule has 1 aromatic heterocycles. The molecule has 0 fully saturated rings. The van der Waals surface area contributed by atoms with E-state index in [-0.39, 0.29) is 0 Å². The molecule has 246 valence electrons. The number of furan rings is 1. The Hall–Kier alpha value is -6.84. The van der Waals surface area contributed by atoms with E-state index in [1.54, 1.807) is 0 Å². The predicted octanol–water partition coefficient (Wildman–Crippen LogP) is 13.1. The molecule has 8 aromatic carbocycles. The second-order valence-electron chi connectivity index (χ2n) is 13.3. The first kappa shape index (κ1) is 30.0. The molecule has 0 spiro atoms. The van der Waals surface area contributed by atoms with Gasteiger partial charge in [0.1, 0.15) is 11.2 Å². The third-order valence-corrected chi connectivity index (χ3v) is 10.4. The van der Waals surface area contributed by atoms with Gasteiger partial charge >= 0.3 is 0 Å². The Kier molecular flexibility index (Phi) is 7.04. The van der Waals surface area contributed by atoms with Gasteiger partial charge in [0, 0.05) is 39.3 Å². The van der Waals surface area contributed by atoms with Crippen LogP contribution in [0.25, 0.3) is 44.2 Å². The number of benzene rings is 8. The van der Waals surface area contributed by atoms with E-state index in [1.807, 2.05) is 6.07 Å². The molecule has 0 saturated carbocycles. The van der Waals surface area contributed by atoms with Crippen molar-refractivity contribution in [2.75, 3.05) is 9.80 Å². The summed E-state index contributed by atoms with van der Waals surface area (Å²) in [6, 6.07) is 74.1. The summed E-state index contributed by atoms with van der Waals surface area (Å²) in [4.78, 5) is 5.07.